The summed E-state index contributed by atoms with van der Waals surface area (Å²) in [5.74, 6) is -2.61. The Kier molecular flexibility index (Phi) is 5.09. The van der Waals surface area contributed by atoms with Gasteiger partial charge in [0.05, 0.1) is 27.4 Å². The fraction of sp³-hybridized carbons (Fsp3) is 0.136. The number of para-hydroxylation sites is 1. The summed E-state index contributed by atoms with van der Waals surface area (Å²) in [5.41, 5.74) is -3.42. The Balaban J connectivity index is 2.15. The number of nitro groups is 1. The van der Waals surface area contributed by atoms with Gasteiger partial charge in [0.15, 0.2) is 0 Å². The highest BCUT2D eigenvalue weighted by atomic mass is 16.6. The molecule has 11 nitrogen and oxygen atoms in total. The molecule has 1 unspecified atom stereocenters. The van der Waals surface area contributed by atoms with E-state index in [9.17, 15) is 34.7 Å². The second-order valence-electron chi connectivity index (χ2n) is 7.37. The van der Waals surface area contributed by atoms with E-state index in [0.717, 1.165) is 21.3 Å². The van der Waals surface area contributed by atoms with Crippen molar-refractivity contribution in [2.75, 3.05) is 0 Å². The zero-order valence-electron chi connectivity index (χ0n) is 17.4. The van der Waals surface area contributed by atoms with E-state index in [0.29, 0.717) is 0 Å². The van der Waals surface area contributed by atoms with Gasteiger partial charge < -0.3 is 14.6 Å². The van der Waals surface area contributed by atoms with Crippen molar-refractivity contribution in [2.24, 2.45) is 14.1 Å². The van der Waals surface area contributed by atoms with Crippen molar-refractivity contribution in [1.29, 1.82) is 0 Å². The Bertz CT molecular complexity index is 1600. The van der Waals surface area contributed by atoms with Crippen LogP contribution in [0.3, 0.4) is 0 Å². The Morgan fingerprint density at radius 3 is 2.21 bits per heavy atom. The van der Waals surface area contributed by atoms with Gasteiger partial charge in [-0.2, -0.15) is 0 Å². The first-order valence-corrected chi connectivity index (χ1v) is 9.61. The highest BCUT2D eigenvalue weighted by Crippen LogP contribution is 2.39. The molecule has 4 rings (SSSR count). The van der Waals surface area contributed by atoms with Crippen molar-refractivity contribution in [3.8, 4) is 11.6 Å². The zero-order valence-corrected chi connectivity index (χ0v) is 17.4. The third-order valence-electron chi connectivity index (χ3n) is 5.50. The molecule has 1 atom stereocenters. The first-order chi connectivity index (χ1) is 15.6. The van der Waals surface area contributed by atoms with Crippen LogP contribution in [-0.2, 0) is 14.1 Å². The highest BCUT2D eigenvalue weighted by molar-refractivity contribution is 5.84. The summed E-state index contributed by atoms with van der Waals surface area (Å²) in [6, 6.07) is 11.1. The van der Waals surface area contributed by atoms with E-state index in [1.54, 1.807) is 12.1 Å². The second-order valence-corrected chi connectivity index (χ2v) is 7.37. The lowest BCUT2D eigenvalue weighted by Gasteiger charge is -2.21. The molecule has 0 bridgehead atoms. The van der Waals surface area contributed by atoms with Crippen LogP contribution < -0.4 is 16.9 Å². The van der Waals surface area contributed by atoms with Crippen molar-refractivity contribution in [1.82, 2.24) is 9.13 Å². The van der Waals surface area contributed by atoms with Crippen LogP contribution in [0.2, 0.25) is 0 Å². The number of nitro benzene ring substituents is 1. The molecule has 0 aliphatic rings. The molecule has 2 heterocycles. The summed E-state index contributed by atoms with van der Waals surface area (Å²) in [7, 11) is 2.43. The smallest absolute Gasteiger partial charge is 0.344 e. The molecule has 2 N–H and O–H groups in total. The lowest BCUT2D eigenvalue weighted by Crippen LogP contribution is -2.40. The number of benzene rings is 2. The van der Waals surface area contributed by atoms with Crippen molar-refractivity contribution in [2.45, 2.75) is 5.92 Å². The van der Waals surface area contributed by atoms with Crippen LogP contribution in [0.4, 0.5) is 5.69 Å². The van der Waals surface area contributed by atoms with E-state index < -0.39 is 39.3 Å². The number of aromatic nitrogens is 2. The van der Waals surface area contributed by atoms with Crippen LogP contribution in [0.15, 0.2) is 67.3 Å². The molecule has 33 heavy (non-hydrogen) atoms. The molecule has 0 spiro atoms. The van der Waals surface area contributed by atoms with Gasteiger partial charge in [-0.1, -0.05) is 24.3 Å². The van der Waals surface area contributed by atoms with E-state index in [1.807, 2.05) is 0 Å². The minimum atomic E-state index is -1.41. The molecule has 11 heteroatoms. The zero-order chi connectivity index (χ0) is 24.0. The predicted octanol–water partition coefficient (Wildman–Crippen LogP) is 1.69. The van der Waals surface area contributed by atoms with E-state index in [1.165, 1.54) is 38.4 Å². The fourth-order valence-corrected chi connectivity index (χ4v) is 3.78. The normalized spacial score (nSPS) is 12.1. The van der Waals surface area contributed by atoms with Crippen LogP contribution in [0, 0.1) is 10.1 Å². The fourth-order valence-electron chi connectivity index (χ4n) is 3.78. The highest BCUT2D eigenvalue weighted by Gasteiger charge is 2.33. The largest absolute Gasteiger partial charge is 0.507 e. The minimum absolute atomic E-state index is 0.101. The van der Waals surface area contributed by atoms with Crippen LogP contribution in [0.1, 0.15) is 22.6 Å². The third kappa shape index (κ3) is 3.35. The number of fused-ring (bicyclic) bond motifs is 1. The summed E-state index contributed by atoms with van der Waals surface area (Å²) in [6.45, 7) is 0. The van der Waals surface area contributed by atoms with Gasteiger partial charge >= 0.3 is 11.3 Å². The van der Waals surface area contributed by atoms with E-state index in [2.05, 4.69) is 0 Å². The maximum atomic E-state index is 13.1. The molecule has 0 saturated carbocycles. The second kappa shape index (κ2) is 7.79. The van der Waals surface area contributed by atoms with E-state index >= 15 is 0 Å². The molecule has 0 radical (unpaired) electrons. The van der Waals surface area contributed by atoms with Crippen LogP contribution in [0.25, 0.3) is 11.0 Å². The Hall–Kier alpha value is -4.67. The van der Waals surface area contributed by atoms with Gasteiger partial charge in [0.25, 0.3) is 11.2 Å². The Labute approximate surface area is 184 Å². The molecule has 0 fully saturated rings. The summed E-state index contributed by atoms with van der Waals surface area (Å²) in [4.78, 5) is 48.8. The Morgan fingerprint density at radius 1 is 0.939 bits per heavy atom. The van der Waals surface area contributed by atoms with Gasteiger partial charge in [-0.15, -0.1) is 0 Å². The SMILES string of the molecule is Cn1c(O)c(C(c2ccc([N+](=O)[O-])cc2)c2c(O)c3ccccc3oc2=O)c(=O)n(C)c1=O. The van der Waals surface area contributed by atoms with Crippen molar-refractivity contribution < 1.29 is 19.6 Å². The van der Waals surface area contributed by atoms with Crippen LogP contribution in [0.5, 0.6) is 11.6 Å². The summed E-state index contributed by atoms with van der Waals surface area (Å²) in [6.07, 6.45) is 0. The minimum Gasteiger partial charge on any atom is -0.507 e. The standard InChI is InChI=1S/C22H17N3O8/c1-23-19(27)17(20(28)24(2)22(23)30)15(11-7-9-12(10-8-11)25(31)32)16-18(26)13-5-3-4-6-14(13)33-21(16)29/h3-10,15,26-27H,1-2H3. The van der Waals surface area contributed by atoms with Crippen molar-refractivity contribution in [3.05, 3.63) is 107 Å². The molecular formula is C22H17N3O8. The van der Waals surface area contributed by atoms with Gasteiger partial charge in [-0.25, -0.2) is 9.59 Å². The van der Waals surface area contributed by atoms with Gasteiger partial charge in [0.2, 0.25) is 5.88 Å². The lowest BCUT2D eigenvalue weighted by molar-refractivity contribution is -0.384. The molecule has 4 aromatic rings. The first-order valence-electron chi connectivity index (χ1n) is 9.61. The Morgan fingerprint density at radius 2 is 1.58 bits per heavy atom. The van der Waals surface area contributed by atoms with E-state index in [4.69, 9.17) is 4.42 Å². The number of nitrogens with zero attached hydrogens (tertiary/aromatic N) is 3. The molecule has 168 valence electrons. The number of rotatable bonds is 4. The number of hydrogen-bond acceptors (Lipinski definition) is 8. The van der Waals surface area contributed by atoms with Crippen LogP contribution >= 0.6 is 0 Å². The molecule has 2 aromatic carbocycles. The summed E-state index contributed by atoms with van der Waals surface area (Å²) < 4.78 is 6.90. The summed E-state index contributed by atoms with van der Waals surface area (Å²) in [5, 5.41) is 33.0. The van der Waals surface area contributed by atoms with E-state index in [-0.39, 0.29) is 33.3 Å². The van der Waals surface area contributed by atoms with Crippen LogP contribution in [-0.4, -0.2) is 24.3 Å². The molecule has 2 aromatic heterocycles. The number of hydrogen-bond donors (Lipinski definition) is 2. The van der Waals surface area contributed by atoms with Gasteiger partial charge in [-0.3, -0.25) is 24.0 Å². The number of aromatic hydroxyl groups is 2. The quantitative estimate of drug-likeness (QED) is 0.269. The molecule has 0 aliphatic heterocycles. The average Bonchev–Trinajstić information content (AvgIpc) is 2.80. The molecular weight excluding hydrogens is 434 g/mol. The third-order valence-corrected chi connectivity index (χ3v) is 5.50. The van der Waals surface area contributed by atoms with Crippen molar-refractivity contribution >= 4 is 16.7 Å². The van der Waals surface area contributed by atoms with Gasteiger partial charge in [0.1, 0.15) is 11.3 Å². The van der Waals surface area contributed by atoms with Crippen molar-refractivity contribution in [3.63, 3.8) is 0 Å². The first kappa shape index (κ1) is 21.6. The topological polar surface area (TPSA) is 158 Å². The maximum Gasteiger partial charge on any atom is 0.344 e. The predicted molar refractivity (Wildman–Crippen MR) is 117 cm³/mol. The van der Waals surface area contributed by atoms with Gasteiger partial charge in [-0.05, 0) is 17.7 Å². The number of non-ortho nitro benzene ring substituents is 1. The maximum absolute atomic E-state index is 13.1. The summed E-state index contributed by atoms with van der Waals surface area (Å²) >= 11 is 0. The molecule has 0 aliphatic carbocycles. The average molecular weight is 451 g/mol. The molecule has 0 saturated heterocycles. The lowest BCUT2D eigenvalue weighted by atomic mass is 9.85. The van der Waals surface area contributed by atoms with Gasteiger partial charge in [0, 0.05) is 26.2 Å². The monoisotopic (exact) mass is 451 g/mol. The molecule has 0 amide bonds.